The van der Waals surface area contributed by atoms with Gasteiger partial charge in [0.2, 0.25) is 5.43 Å². The maximum Gasteiger partial charge on any atom is 0.341 e. The van der Waals surface area contributed by atoms with Crippen molar-refractivity contribution < 1.29 is 23.1 Å². The quantitative estimate of drug-likeness (QED) is 0.540. The Morgan fingerprint density at radius 3 is 2.39 bits per heavy atom. The zero-order chi connectivity index (χ0) is 22.3. The second-order valence-corrected chi connectivity index (χ2v) is 7.13. The molecule has 1 fully saturated rings. The molecule has 1 aromatic heterocycles. The van der Waals surface area contributed by atoms with Gasteiger partial charge >= 0.3 is 5.97 Å². The number of aromatic nitrogens is 1. The maximum absolute atomic E-state index is 14.8. The first-order valence-corrected chi connectivity index (χ1v) is 9.33. The number of rotatable bonds is 4. The summed E-state index contributed by atoms with van der Waals surface area (Å²) >= 11 is 0. The lowest BCUT2D eigenvalue weighted by Crippen LogP contribution is -2.51. The van der Waals surface area contributed by atoms with Crippen molar-refractivity contribution in [1.82, 2.24) is 14.6 Å². The van der Waals surface area contributed by atoms with E-state index in [-0.39, 0.29) is 22.3 Å². The van der Waals surface area contributed by atoms with E-state index in [1.807, 2.05) is 0 Å². The zero-order valence-corrected chi connectivity index (χ0v) is 16.1. The van der Waals surface area contributed by atoms with Crippen LogP contribution in [0.4, 0.5) is 18.9 Å². The summed E-state index contributed by atoms with van der Waals surface area (Å²) in [7, 11) is 0. The number of hydrogen-bond acceptors (Lipinski definition) is 6. The molecule has 11 heteroatoms. The van der Waals surface area contributed by atoms with Crippen LogP contribution in [-0.2, 0) is 0 Å². The number of hydrogen-bond donors (Lipinski definition) is 3. The van der Waals surface area contributed by atoms with Crippen LogP contribution in [0, 0.1) is 17.5 Å². The van der Waals surface area contributed by atoms with E-state index in [9.17, 15) is 27.9 Å². The van der Waals surface area contributed by atoms with Crippen LogP contribution in [0.15, 0.2) is 41.3 Å². The van der Waals surface area contributed by atoms with Crippen molar-refractivity contribution in [1.29, 1.82) is 0 Å². The Morgan fingerprint density at radius 2 is 1.74 bits per heavy atom. The van der Waals surface area contributed by atoms with Gasteiger partial charge in [0, 0.05) is 43.8 Å². The molecule has 4 rings (SSSR count). The Hall–Kier alpha value is -3.41. The number of piperazine rings is 1. The van der Waals surface area contributed by atoms with Gasteiger partial charge in [-0.05, 0) is 24.3 Å². The largest absolute Gasteiger partial charge is 0.477 e. The lowest BCUT2D eigenvalue weighted by Gasteiger charge is -2.32. The van der Waals surface area contributed by atoms with Gasteiger partial charge in [0.25, 0.3) is 0 Å². The number of nitrogens with two attached hydrogens (primary N) is 1. The molecule has 0 spiro atoms. The van der Waals surface area contributed by atoms with Crippen LogP contribution < -0.4 is 16.7 Å². The van der Waals surface area contributed by atoms with Gasteiger partial charge in [-0.3, -0.25) is 10.6 Å². The maximum atomic E-state index is 14.8. The summed E-state index contributed by atoms with van der Waals surface area (Å²) in [6, 6.07) is 4.93. The first kappa shape index (κ1) is 20.8. The number of aromatic carboxylic acids is 1. The summed E-state index contributed by atoms with van der Waals surface area (Å²) in [6.07, 6.45) is 0.943. The van der Waals surface area contributed by atoms with Crippen molar-refractivity contribution in [3.63, 3.8) is 0 Å². The molecule has 0 saturated carbocycles. The van der Waals surface area contributed by atoms with E-state index in [0.29, 0.717) is 32.2 Å². The number of carboxylic acid groups (broad SMARTS) is 1. The first-order chi connectivity index (χ1) is 14.7. The van der Waals surface area contributed by atoms with Gasteiger partial charge in [0.15, 0.2) is 0 Å². The third-order valence-electron chi connectivity index (χ3n) is 5.08. The molecule has 0 aliphatic carbocycles. The zero-order valence-electron chi connectivity index (χ0n) is 16.1. The molecule has 2 heterocycles. The number of carboxylic acids is 1. The number of carbonyl (C=O) groups is 1. The molecule has 31 heavy (non-hydrogen) atoms. The second-order valence-electron chi connectivity index (χ2n) is 7.13. The molecule has 2 aromatic carbocycles. The molecule has 1 aliphatic heterocycles. The molecular weight excluding hydrogens is 415 g/mol. The van der Waals surface area contributed by atoms with E-state index in [0.717, 1.165) is 29.0 Å². The lowest BCUT2D eigenvalue weighted by atomic mass is 10.1. The Labute approximate surface area is 173 Å². The highest BCUT2D eigenvalue weighted by molar-refractivity contribution is 5.94. The van der Waals surface area contributed by atoms with Crippen LogP contribution in [0.3, 0.4) is 0 Å². The predicted molar refractivity (Wildman–Crippen MR) is 107 cm³/mol. The Kier molecular flexibility index (Phi) is 5.39. The molecule has 1 saturated heterocycles. The molecule has 0 bridgehead atoms. The van der Waals surface area contributed by atoms with Crippen LogP contribution in [0.25, 0.3) is 16.6 Å². The smallest absolute Gasteiger partial charge is 0.341 e. The minimum atomic E-state index is -1.55. The predicted octanol–water partition coefficient (Wildman–Crippen LogP) is 1.92. The fourth-order valence-corrected chi connectivity index (χ4v) is 3.46. The van der Waals surface area contributed by atoms with E-state index in [2.05, 4.69) is 5.43 Å². The summed E-state index contributed by atoms with van der Waals surface area (Å²) in [5.74, 6) is 1.59. The third-order valence-corrected chi connectivity index (χ3v) is 5.08. The molecule has 3 aromatic rings. The van der Waals surface area contributed by atoms with Crippen molar-refractivity contribution >= 4 is 22.6 Å². The summed E-state index contributed by atoms with van der Waals surface area (Å²) in [5, 5.41) is 12.5. The van der Waals surface area contributed by atoms with Crippen LogP contribution in [0.5, 0.6) is 0 Å². The molecule has 0 unspecified atom stereocenters. The van der Waals surface area contributed by atoms with E-state index in [4.69, 9.17) is 5.84 Å². The summed E-state index contributed by atoms with van der Waals surface area (Å²) < 4.78 is 43.8. The number of fused-ring (bicyclic) bond motifs is 1. The highest BCUT2D eigenvalue weighted by Crippen LogP contribution is 2.26. The van der Waals surface area contributed by atoms with Crippen molar-refractivity contribution in [2.24, 2.45) is 5.84 Å². The number of nitrogens with zero attached hydrogens (tertiary/aromatic N) is 3. The van der Waals surface area contributed by atoms with E-state index in [1.165, 1.54) is 6.07 Å². The molecule has 162 valence electrons. The highest BCUT2D eigenvalue weighted by Gasteiger charge is 2.21. The number of anilines is 1. The average molecular weight is 433 g/mol. The van der Waals surface area contributed by atoms with Gasteiger partial charge < -0.3 is 15.1 Å². The summed E-state index contributed by atoms with van der Waals surface area (Å²) in [5.41, 5.74) is 1.20. The summed E-state index contributed by atoms with van der Waals surface area (Å²) in [6.45, 7) is 2.11. The van der Waals surface area contributed by atoms with E-state index < -0.39 is 34.4 Å². The molecule has 0 atom stereocenters. The van der Waals surface area contributed by atoms with Crippen molar-refractivity contribution in [3.8, 4) is 5.69 Å². The molecule has 4 N–H and O–H groups in total. The van der Waals surface area contributed by atoms with Crippen LogP contribution in [0.1, 0.15) is 10.4 Å². The summed E-state index contributed by atoms with van der Waals surface area (Å²) in [4.78, 5) is 24.2. The number of nitrogens with one attached hydrogen (secondary N) is 1. The standard InChI is InChI=1S/C20H18F3N5O3/c21-11-1-2-17(15(23)7-11)28-10-13(20(30)31)19(29)12-8-14(22)16(9-18(12)28)25-27-5-3-26(24)4-6-27/h1-2,7-10,25H,3-6,24H2,(H,30,31). The molecule has 0 amide bonds. The minimum absolute atomic E-state index is 0.0108. The second kappa shape index (κ2) is 8.02. The van der Waals surface area contributed by atoms with Gasteiger partial charge in [0.1, 0.15) is 23.0 Å². The number of pyridine rings is 1. The molecule has 8 nitrogen and oxygen atoms in total. The Balaban J connectivity index is 1.91. The number of halogens is 3. The van der Waals surface area contributed by atoms with Crippen LogP contribution >= 0.6 is 0 Å². The molecular formula is C20H18F3N5O3. The van der Waals surface area contributed by atoms with Crippen molar-refractivity contribution in [3.05, 3.63) is 69.8 Å². The van der Waals surface area contributed by atoms with Gasteiger partial charge in [-0.1, -0.05) is 0 Å². The van der Waals surface area contributed by atoms with Crippen LogP contribution in [-0.4, -0.2) is 51.8 Å². The van der Waals surface area contributed by atoms with Crippen LogP contribution in [0.2, 0.25) is 0 Å². The van der Waals surface area contributed by atoms with E-state index in [1.54, 1.807) is 10.0 Å². The highest BCUT2D eigenvalue weighted by atomic mass is 19.1. The van der Waals surface area contributed by atoms with Crippen molar-refractivity contribution in [2.45, 2.75) is 0 Å². The van der Waals surface area contributed by atoms with Crippen molar-refractivity contribution in [2.75, 3.05) is 31.6 Å². The SMILES string of the molecule is NN1CCN(Nc2cc3c(cc2F)c(=O)c(C(=O)O)cn3-c2ccc(F)cc2F)CC1. The monoisotopic (exact) mass is 433 g/mol. The van der Waals surface area contributed by atoms with Gasteiger partial charge in [-0.25, -0.2) is 28.0 Å². The normalized spacial score (nSPS) is 15.4. The molecule has 1 aliphatic rings. The Morgan fingerprint density at radius 1 is 1.03 bits per heavy atom. The third kappa shape index (κ3) is 3.98. The fourth-order valence-electron chi connectivity index (χ4n) is 3.46. The topological polar surface area (TPSA) is 104 Å². The average Bonchev–Trinajstić information content (AvgIpc) is 2.71. The van der Waals surface area contributed by atoms with Gasteiger partial charge in [-0.15, -0.1) is 0 Å². The minimum Gasteiger partial charge on any atom is -0.477 e. The molecule has 0 radical (unpaired) electrons. The van der Waals surface area contributed by atoms with Gasteiger partial charge in [0.05, 0.1) is 16.9 Å². The fraction of sp³-hybridized carbons (Fsp3) is 0.200. The number of hydrazine groups is 2. The van der Waals surface area contributed by atoms with Gasteiger partial charge in [-0.2, -0.15) is 0 Å². The lowest BCUT2D eigenvalue weighted by molar-refractivity contribution is 0.0695. The van der Waals surface area contributed by atoms with E-state index >= 15 is 0 Å². The Bertz CT molecular complexity index is 1240. The number of benzene rings is 2. The first-order valence-electron chi connectivity index (χ1n) is 9.33.